The summed E-state index contributed by atoms with van der Waals surface area (Å²) in [5.41, 5.74) is -0.0151. The van der Waals surface area contributed by atoms with Gasteiger partial charge in [0.25, 0.3) is 0 Å². The fourth-order valence-electron chi connectivity index (χ4n) is 1.47. The zero-order valence-corrected chi connectivity index (χ0v) is 12.0. The lowest BCUT2D eigenvalue weighted by molar-refractivity contribution is -0.138. The number of hydrogen-bond acceptors (Lipinski definition) is 3. The number of amides is 1. The molecule has 1 unspecified atom stereocenters. The van der Waals surface area contributed by atoms with Crippen molar-refractivity contribution in [2.45, 2.75) is 59.0 Å². The molecule has 0 heterocycles. The van der Waals surface area contributed by atoms with Crippen molar-refractivity contribution in [3.8, 4) is 0 Å². The second-order valence-corrected chi connectivity index (χ2v) is 5.94. The Morgan fingerprint density at radius 3 is 2.17 bits per heavy atom. The van der Waals surface area contributed by atoms with E-state index in [-0.39, 0.29) is 29.8 Å². The summed E-state index contributed by atoms with van der Waals surface area (Å²) in [7, 11) is 0. The Hall–Kier alpha value is -1.10. The summed E-state index contributed by atoms with van der Waals surface area (Å²) in [6.45, 7) is 10.5. The monoisotopic (exact) mass is 258 g/mol. The van der Waals surface area contributed by atoms with Gasteiger partial charge in [0.2, 0.25) is 5.91 Å². The van der Waals surface area contributed by atoms with Crippen LogP contribution in [0.25, 0.3) is 0 Å². The van der Waals surface area contributed by atoms with E-state index in [9.17, 15) is 9.59 Å². The predicted molar refractivity (Wildman–Crippen MR) is 71.4 cm³/mol. The van der Waals surface area contributed by atoms with Gasteiger partial charge in [0, 0.05) is 24.5 Å². The molecule has 0 spiro atoms. The van der Waals surface area contributed by atoms with Crippen molar-refractivity contribution in [3.63, 3.8) is 0 Å². The summed E-state index contributed by atoms with van der Waals surface area (Å²) in [5.74, 6) is -0.880. The number of hydrogen-bond donors (Lipinski definition) is 3. The number of aliphatic carboxylic acids is 1. The third-order valence-electron chi connectivity index (χ3n) is 2.55. The van der Waals surface area contributed by atoms with Gasteiger partial charge in [-0.05, 0) is 26.7 Å². The van der Waals surface area contributed by atoms with Gasteiger partial charge in [-0.2, -0.15) is 0 Å². The fraction of sp³-hybridized carbons (Fsp3) is 0.846. The van der Waals surface area contributed by atoms with E-state index in [2.05, 4.69) is 10.6 Å². The molecule has 18 heavy (non-hydrogen) atoms. The predicted octanol–water partition coefficient (Wildman–Crippen LogP) is 1.38. The maximum absolute atomic E-state index is 11.7. The summed E-state index contributed by atoms with van der Waals surface area (Å²) in [6.07, 6.45) is 0.330. The minimum absolute atomic E-state index is 0.0151. The van der Waals surface area contributed by atoms with Gasteiger partial charge in [-0.15, -0.1) is 0 Å². The van der Waals surface area contributed by atoms with Crippen molar-refractivity contribution in [2.24, 2.45) is 5.92 Å². The van der Waals surface area contributed by atoms with Crippen LogP contribution in [-0.4, -0.2) is 35.1 Å². The highest BCUT2D eigenvalue weighted by atomic mass is 16.4. The van der Waals surface area contributed by atoms with Gasteiger partial charge >= 0.3 is 5.97 Å². The summed E-state index contributed by atoms with van der Waals surface area (Å²) < 4.78 is 0. The van der Waals surface area contributed by atoms with E-state index in [4.69, 9.17) is 5.11 Å². The van der Waals surface area contributed by atoms with Crippen LogP contribution in [-0.2, 0) is 9.59 Å². The largest absolute Gasteiger partial charge is 0.481 e. The molecule has 5 heteroatoms. The van der Waals surface area contributed by atoms with E-state index < -0.39 is 5.97 Å². The van der Waals surface area contributed by atoms with E-state index in [1.54, 1.807) is 0 Å². The first-order chi connectivity index (χ1) is 8.11. The first-order valence-corrected chi connectivity index (χ1v) is 6.38. The second-order valence-electron chi connectivity index (χ2n) is 5.94. The zero-order chi connectivity index (χ0) is 14.3. The first kappa shape index (κ1) is 16.9. The van der Waals surface area contributed by atoms with Crippen molar-refractivity contribution < 1.29 is 14.7 Å². The topological polar surface area (TPSA) is 78.4 Å². The molecule has 0 aliphatic heterocycles. The van der Waals surface area contributed by atoms with Gasteiger partial charge in [0.15, 0.2) is 0 Å². The molecule has 0 saturated heterocycles. The lowest BCUT2D eigenvalue weighted by Crippen LogP contribution is -2.43. The van der Waals surface area contributed by atoms with Crippen LogP contribution in [0.15, 0.2) is 0 Å². The second kappa shape index (κ2) is 7.36. The molecule has 0 rings (SSSR count). The summed E-state index contributed by atoms with van der Waals surface area (Å²) >= 11 is 0. The normalized spacial score (nSPS) is 13.4. The van der Waals surface area contributed by atoms with Crippen LogP contribution < -0.4 is 10.6 Å². The van der Waals surface area contributed by atoms with Crippen molar-refractivity contribution in [3.05, 3.63) is 0 Å². The molecular formula is C13H26N2O3. The fourth-order valence-corrected chi connectivity index (χ4v) is 1.47. The van der Waals surface area contributed by atoms with E-state index in [1.807, 2.05) is 34.6 Å². The van der Waals surface area contributed by atoms with Crippen LogP contribution in [0.5, 0.6) is 0 Å². The number of carboxylic acids is 1. The van der Waals surface area contributed by atoms with Crippen LogP contribution in [0.2, 0.25) is 0 Å². The lowest BCUT2D eigenvalue weighted by Gasteiger charge is -2.22. The Bertz CT molecular complexity index is 282. The lowest BCUT2D eigenvalue weighted by atomic mass is 10.0. The number of rotatable bonds is 7. The molecule has 0 aliphatic carbocycles. The smallest absolute Gasteiger partial charge is 0.305 e. The quantitative estimate of drug-likeness (QED) is 0.644. The molecule has 1 atom stereocenters. The third kappa shape index (κ3) is 8.98. The highest BCUT2D eigenvalue weighted by molar-refractivity contribution is 5.77. The highest BCUT2D eigenvalue weighted by Gasteiger charge is 2.19. The number of carboxylic acid groups (broad SMARTS) is 1. The molecule has 0 aromatic heterocycles. The molecule has 5 nitrogen and oxygen atoms in total. The van der Waals surface area contributed by atoms with Gasteiger partial charge < -0.3 is 15.7 Å². The molecule has 1 amide bonds. The highest BCUT2D eigenvalue weighted by Crippen LogP contribution is 2.06. The Kier molecular flexibility index (Phi) is 6.91. The van der Waals surface area contributed by atoms with Crippen molar-refractivity contribution in [2.75, 3.05) is 6.54 Å². The van der Waals surface area contributed by atoms with Crippen molar-refractivity contribution >= 4 is 11.9 Å². The minimum atomic E-state index is -0.887. The number of nitrogens with one attached hydrogen (secondary N) is 2. The molecule has 0 fully saturated rings. The number of carbonyl (C=O) groups is 2. The SMILES string of the molecule is CC(C)C(CC(=O)O)NC(=O)CCNC(C)(C)C. The average molecular weight is 258 g/mol. The molecule has 0 bridgehead atoms. The molecule has 0 aromatic carbocycles. The van der Waals surface area contributed by atoms with Crippen LogP contribution in [0.3, 0.4) is 0 Å². The zero-order valence-electron chi connectivity index (χ0n) is 12.0. The van der Waals surface area contributed by atoms with Gasteiger partial charge in [0.1, 0.15) is 0 Å². The Morgan fingerprint density at radius 2 is 1.78 bits per heavy atom. The molecule has 0 aromatic rings. The van der Waals surface area contributed by atoms with Gasteiger partial charge in [-0.3, -0.25) is 9.59 Å². The Morgan fingerprint density at radius 1 is 1.22 bits per heavy atom. The van der Waals surface area contributed by atoms with Gasteiger partial charge in [-0.1, -0.05) is 13.8 Å². The molecule has 0 saturated carbocycles. The number of carbonyl (C=O) groups excluding carboxylic acids is 1. The molecular weight excluding hydrogens is 232 g/mol. The maximum Gasteiger partial charge on any atom is 0.305 e. The average Bonchev–Trinajstić information content (AvgIpc) is 2.13. The Labute approximate surface area is 109 Å². The third-order valence-corrected chi connectivity index (χ3v) is 2.55. The summed E-state index contributed by atoms with van der Waals surface area (Å²) in [4.78, 5) is 22.4. The maximum atomic E-state index is 11.7. The Balaban J connectivity index is 4.07. The van der Waals surface area contributed by atoms with Crippen LogP contribution in [0, 0.1) is 5.92 Å². The molecule has 3 N–H and O–H groups in total. The first-order valence-electron chi connectivity index (χ1n) is 6.38. The summed E-state index contributed by atoms with van der Waals surface area (Å²) in [5, 5.41) is 14.8. The van der Waals surface area contributed by atoms with Crippen molar-refractivity contribution in [1.29, 1.82) is 0 Å². The molecule has 0 aliphatic rings. The van der Waals surface area contributed by atoms with E-state index in [0.717, 1.165) is 0 Å². The minimum Gasteiger partial charge on any atom is -0.481 e. The van der Waals surface area contributed by atoms with Crippen molar-refractivity contribution in [1.82, 2.24) is 10.6 Å². The van der Waals surface area contributed by atoms with E-state index in [0.29, 0.717) is 13.0 Å². The standard InChI is InChI=1S/C13H26N2O3/c1-9(2)10(8-12(17)18)15-11(16)6-7-14-13(3,4)5/h9-10,14H,6-8H2,1-5H3,(H,15,16)(H,17,18). The van der Waals surface area contributed by atoms with Gasteiger partial charge in [-0.25, -0.2) is 0 Å². The van der Waals surface area contributed by atoms with Gasteiger partial charge in [0.05, 0.1) is 6.42 Å². The summed E-state index contributed by atoms with van der Waals surface area (Å²) in [6, 6.07) is -0.301. The molecule has 106 valence electrons. The van der Waals surface area contributed by atoms with E-state index >= 15 is 0 Å². The van der Waals surface area contributed by atoms with Crippen LogP contribution >= 0.6 is 0 Å². The molecule has 0 radical (unpaired) electrons. The van der Waals surface area contributed by atoms with Crippen LogP contribution in [0.4, 0.5) is 0 Å². The van der Waals surface area contributed by atoms with E-state index in [1.165, 1.54) is 0 Å². The van der Waals surface area contributed by atoms with Crippen LogP contribution in [0.1, 0.15) is 47.5 Å².